The topological polar surface area (TPSA) is 9.23 Å². The van der Waals surface area contributed by atoms with Crippen LogP contribution in [-0.2, 0) is 11.3 Å². The van der Waals surface area contributed by atoms with E-state index < -0.39 is 0 Å². The lowest BCUT2D eigenvalue weighted by Gasteiger charge is -2.37. The van der Waals surface area contributed by atoms with E-state index in [2.05, 4.69) is 43.8 Å². The maximum Gasteiger partial charge on any atom is 0.0716 e. The summed E-state index contributed by atoms with van der Waals surface area (Å²) in [6.45, 7) is 7.57. The number of benzene rings is 1. The lowest BCUT2D eigenvalue weighted by molar-refractivity contribution is 0.134. The quantitative estimate of drug-likeness (QED) is 0.543. The Morgan fingerprint density at radius 3 is 2.04 bits per heavy atom. The Morgan fingerprint density at radius 2 is 1.50 bits per heavy atom. The molecular weight excluding hydrogens is 292 g/mol. The molecule has 2 fully saturated rings. The second kappa shape index (κ2) is 8.85. The van der Waals surface area contributed by atoms with Gasteiger partial charge in [0, 0.05) is 6.61 Å². The molecule has 24 heavy (non-hydrogen) atoms. The second-order valence-electron chi connectivity index (χ2n) is 7.90. The lowest BCUT2D eigenvalue weighted by atomic mass is 9.68. The fraction of sp³-hybridized carbons (Fsp3) is 0.652. The van der Waals surface area contributed by atoms with Crippen LogP contribution in [-0.4, -0.2) is 6.61 Å². The average molecular weight is 327 g/mol. The molecule has 1 aromatic rings. The van der Waals surface area contributed by atoms with Crippen molar-refractivity contribution < 1.29 is 4.74 Å². The highest BCUT2D eigenvalue weighted by molar-refractivity contribution is 5.25. The minimum atomic E-state index is 0.747. The molecule has 0 bridgehead atoms. The minimum Gasteiger partial charge on any atom is -0.377 e. The van der Waals surface area contributed by atoms with Gasteiger partial charge in [-0.1, -0.05) is 30.3 Å². The van der Waals surface area contributed by atoms with Crippen molar-refractivity contribution in [2.75, 3.05) is 6.61 Å². The van der Waals surface area contributed by atoms with Gasteiger partial charge in [-0.15, -0.1) is 6.58 Å². The Kier molecular flexibility index (Phi) is 6.54. The van der Waals surface area contributed by atoms with Gasteiger partial charge in [0.2, 0.25) is 0 Å². The van der Waals surface area contributed by atoms with Gasteiger partial charge in [0.1, 0.15) is 0 Å². The third-order valence-electron chi connectivity index (χ3n) is 6.51. The molecule has 1 aromatic carbocycles. The maximum atomic E-state index is 5.50. The van der Waals surface area contributed by atoms with E-state index in [1.807, 2.05) is 0 Å². The van der Waals surface area contributed by atoms with E-state index in [0.29, 0.717) is 0 Å². The summed E-state index contributed by atoms with van der Waals surface area (Å²) < 4.78 is 5.50. The van der Waals surface area contributed by atoms with Crippen LogP contribution in [0.25, 0.3) is 0 Å². The van der Waals surface area contributed by atoms with Gasteiger partial charge < -0.3 is 4.74 Å². The van der Waals surface area contributed by atoms with Crippen LogP contribution >= 0.6 is 0 Å². The molecule has 0 N–H and O–H groups in total. The average Bonchev–Trinajstić information content (AvgIpc) is 2.67. The van der Waals surface area contributed by atoms with Gasteiger partial charge in [-0.05, 0) is 93.1 Å². The Bertz CT molecular complexity index is 487. The van der Waals surface area contributed by atoms with Crippen molar-refractivity contribution >= 4 is 0 Å². The molecule has 2 aliphatic carbocycles. The molecule has 0 spiro atoms. The number of hydrogen-bond donors (Lipinski definition) is 0. The number of rotatable bonds is 6. The number of hydrogen-bond acceptors (Lipinski definition) is 1. The molecule has 0 aromatic heterocycles. The zero-order valence-corrected chi connectivity index (χ0v) is 15.4. The van der Waals surface area contributed by atoms with E-state index in [1.165, 1.54) is 56.9 Å². The molecule has 2 saturated carbocycles. The summed E-state index contributed by atoms with van der Waals surface area (Å²) in [5, 5.41) is 0. The van der Waals surface area contributed by atoms with Gasteiger partial charge in [-0.25, -0.2) is 0 Å². The van der Waals surface area contributed by atoms with Crippen molar-refractivity contribution in [3.63, 3.8) is 0 Å². The Hall–Kier alpha value is -1.08. The predicted octanol–water partition coefficient (Wildman–Crippen LogP) is 6.49. The molecule has 2 aliphatic rings. The van der Waals surface area contributed by atoms with Crippen molar-refractivity contribution in [1.29, 1.82) is 0 Å². The summed E-state index contributed by atoms with van der Waals surface area (Å²) in [6.07, 6.45) is 13.5. The van der Waals surface area contributed by atoms with Crippen LogP contribution in [0.4, 0.5) is 0 Å². The minimum absolute atomic E-state index is 0.747. The van der Waals surface area contributed by atoms with Crippen molar-refractivity contribution in [1.82, 2.24) is 0 Å². The van der Waals surface area contributed by atoms with Gasteiger partial charge in [-0.3, -0.25) is 0 Å². The summed E-state index contributed by atoms with van der Waals surface area (Å²) >= 11 is 0. The molecule has 132 valence electrons. The standard InChI is InChI=1S/C23H34O/c1-3-18-5-9-20(10-6-18)22-13-15-23(16-14-22)21-11-7-19(8-12-21)17-24-4-2/h3,7-8,11-12,18,20,22-23H,1,4-6,9-10,13-17H2,2H3/t18-,20-,22?,23?. The van der Waals surface area contributed by atoms with Crippen molar-refractivity contribution in [3.05, 3.63) is 48.0 Å². The monoisotopic (exact) mass is 326 g/mol. The van der Waals surface area contributed by atoms with Crippen LogP contribution in [0.3, 0.4) is 0 Å². The van der Waals surface area contributed by atoms with E-state index in [-0.39, 0.29) is 0 Å². The second-order valence-corrected chi connectivity index (χ2v) is 7.90. The fourth-order valence-electron chi connectivity index (χ4n) is 4.88. The number of allylic oxidation sites excluding steroid dienone is 1. The highest BCUT2D eigenvalue weighted by atomic mass is 16.5. The molecule has 0 unspecified atom stereocenters. The third kappa shape index (κ3) is 4.51. The molecule has 0 saturated heterocycles. The van der Waals surface area contributed by atoms with Gasteiger partial charge in [-0.2, -0.15) is 0 Å². The summed E-state index contributed by atoms with van der Waals surface area (Å²) in [6, 6.07) is 9.20. The van der Waals surface area contributed by atoms with Crippen LogP contribution in [0, 0.1) is 17.8 Å². The Labute approximate surface area is 148 Å². The molecule has 0 amide bonds. The van der Waals surface area contributed by atoms with E-state index in [9.17, 15) is 0 Å². The molecular formula is C23H34O. The van der Waals surface area contributed by atoms with E-state index in [0.717, 1.165) is 36.9 Å². The zero-order valence-electron chi connectivity index (χ0n) is 15.4. The largest absolute Gasteiger partial charge is 0.377 e. The van der Waals surface area contributed by atoms with E-state index in [4.69, 9.17) is 4.74 Å². The Balaban J connectivity index is 1.47. The Morgan fingerprint density at radius 1 is 0.917 bits per heavy atom. The van der Waals surface area contributed by atoms with Crippen molar-refractivity contribution in [2.45, 2.75) is 70.8 Å². The summed E-state index contributed by atoms with van der Waals surface area (Å²) in [5.74, 6) is 3.57. The third-order valence-corrected chi connectivity index (χ3v) is 6.51. The molecule has 0 aliphatic heterocycles. The zero-order chi connectivity index (χ0) is 16.8. The van der Waals surface area contributed by atoms with Crippen LogP contribution in [0.1, 0.15) is 75.3 Å². The fourth-order valence-corrected chi connectivity index (χ4v) is 4.88. The smallest absolute Gasteiger partial charge is 0.0716 e. The SMILES string of the molecule is C=C[C@H]1CC[C@H](C2CCC(c3ccc(COCC)cc3)CC2)CC1. The molecule has 1 heteroatoms. The van der Waals surface area contributed by atoms with Gasteiger partial charge in [0.05, 0.1) is 6.61 Å². The predicted molar refractivity (Wildman–Crippen MR) is 102 cm³/mol. The maximum absolute atomic E-state index is 5.50. The lowest BCUT2D eigenvalue weighted by Crippen LogP contribution is -2.25. The summed E-state index contributed by atoms with van der Waals surface area (Å²) in [7, 11) is 0. The normalized spacial score (nSPS) is 30.9. The molecule has 0 atom stereocenters. The number of ether oxygens (including phenoxy) is 1. The summed E-state index contributed by atoms with van der Waals surface area (Å²) in [4.78, 5) is 0. The van der Waals surface area contributed by atoms with Gasteiger partial charge in [0.25, 0.3) is 0 Å². The van der Waals surface area contributed by atoms with Crippen LogP contribution in [0.5, 0.6) is 0 Å². The first-order valence-corrected chi connectivity index (χ1v) is 10.1. The van der Waals surface area contributed by atoms with Crippen LogP contribution < -0.4 is 0 Å². The molecule has 0 heterocycles. The van der Waals surface area contributed by atoms with Crippen molar-refractivity contribution in [3.8, 4) is 0 Å². The van der Waals surface area contributed by atoms with Gasteiger partial charge >= 0.3 is 0 Å². The van der Waals surface area contributed by atoms with E-state index in [1.54, 1.807) is 5.56 Å². The van der Waals surface area contributed by atoms with Gasteiger partial charge in [0.15, 0.2) is 0 Å². The first-order chi connectivity index (χ1) is 11.8. The first-order valence-electron chi connectivity index (χ1n) is 10.1. The van der Waals surface area contributed by atoms with Crippen LogP contribution in [0.2, 0.25) is 0 Å². The highest BCUT2D eigenvalue weighted by Crippen LogP contribution is 2.44. The van der Waals surface area contributed by atoms with E-state index >= 15 is 0 Å². The molecule has 0 radical (unpaired) electrons. The molecule has 3 rings (SSSR count). The van der Waals surface area contributed by atoms with Crippen molar-refractivity contribution in [2.24, 2.45) is 17.8 Å². The summed E-state index contributed by atoms with van der Waals surface area (Å²) in [5.41, 5.74) is 2.84. The van der Waals surface area contributed by atoms with Crippen LogP contribution in [0.15, 0.2) is 36.9 Å². The molecule has 1 nitrogen and oxygen atoms in total. The first kappa shape index (κ1) is 17.7. The highest BCUT2D eigenvalue weighted by Gasteiger charge is 2.30.